The molecule has 0 aromatic rings. The van der Waals surface area contributed by atoms with Gasteiger partial charge in [0.1, 0.15) is 6.10 Å². The number of piperazine rings is 1. The molecule has 2 heterocycles. The second kappa shape index (κ2) is 5.49. The van der Waals surface area contributed by atoms with Crippen molar-refractivity contribution in [3.8, 4) is 0 Å². The number of hydrogen-bond donors (Lipinski definition) is 2. The smallest absolute Gasteiger partial charge is 0.424 e. The molecular formula is C10H17FN4O3. The summed E-state index contributed by atoms with van der Waals surface area (Å²) in [5.74, 6) is -0.171. The molecule has 18 heavy (non-hydrogen) atoms. The van der Waals surface area contributed by atoms with Crippen LogP contribution in [0.5, 0.6) is 0 Å². The second-order valence-electron chi connectivity index (χ2n) is 4.36. The second-order valence-corrected chi connectivity index (χ2v) is 4.36. The van der Waals surface area contributed by atoms with E-state index in [-0.39, 0.29) is 25.1 Å². The molecule has 0 saturated carbocycles. The zero-order valence-electron chi connectivity index (χ0n) is 10.2. The number of carbonyl (C=O) groups excluding carboxylic acids is 2. The van der Waals surface area contributed by atoms with E-state index in [2.05, 4.69) is 10.6 Å². The molecule has 2 N–H and O–H groups in total. The highest BCUT2D eigenvalue weighted by atomic mass is 19.1. The van der Waals surface area contributed by atoms with Crippen LogP contribution in [0.3, 0.4) is 0 Å². The van der Waals surface area contributed by atoms with Crippen LogP contribution >= 0.6 is 0 Å². The molecule has 2 saturated heterocycles. The van der Waals surface area contributed by atoms with Crippen LogP contribution in [0.1, 0.15) is 6.92 Å². The summed E-state index contributed by atoms with van der Waals surface area (Å²) in [5, 5.41) is 8.29. The van der Waals surface area contributed by atoms with E-state index in [1.807, 2.05) is 0 Å². The van der Waals surface area contributed by atoms with Crippen molar-refractivity contribution < 1.29 is 18.7 Å². The van der Waals surface area contributed by atoms with Gasteiger partial charge in [-0.15, -0.1) is 0 Å². The zero-order chi connectivity index (χ0) is 13.1. The normalized spacial score (nSPS) is 29.2. The van der Waals surface area contributed by atoms with Crippen LogP contribution in [0, 0.1) is 0 Å². The fraction of sp³-hybridized carbons (Fsp3) is 0.800. The molecule has 2 fully saturated rings. The molecule has 102 valence electrons. The topological polar surface area (TPSA) is 73.9 Å². The molecule has 0 aromatic carbocycles. The minimum atomic E-state index is -1.14. The third-order valence-corrected chi connectivity index (χ3v) is 2.88. The van der Waals surface area contributed by atoms with E-state index in [1.165, 1.54) is 11.9 Å². The molecule has 0 aliphatic carbocycles. The van der Waals surface area contributed by atoms with E-state index < -0.39 is 12.4 Å². The van der Waals surface area contributed by atoms with Crippen molar-refractivity contribution in [3.63, 3.8) is 0 Å². The van der Waals surface area contributed by atoms with Gasteiger partial charge in [-0.2, -0.15) is 0 Å². The van der Waals surface area contributed by atoms with Gasteiger partial charge in [0.05, 0.1) is 19.6 Å². The van der Waals surface area contributed by atoms with E-state index in [0.29, 0.717) is 19.6 Å². The predicted molar refractivity (Wildman–Crippen MR) is 60.1 cm³/mol. The first-order chi connectivity index (χ1) is 8.56. The van der Waals surface area contributed by atoms with Crippen molar-refractivity contribution in [3.05, 3.63) is 0 Å². The Bertz CT molecular complexity index is 341. The number of ether oxygens (including phenoxy) is 1. The van der Waals surface area contributed by atoms with Crippen molar-refractivity contribution in [2.75, 3.05) is 32.7 Å². The third-order valence-electron chi connectivity index (χ3n) is 2.88. The van der Waals surface area contributed by atoms with Gasteiger partial charge < -0.3 is 10.1 Å². The first kappa shape index (κ1) is 13.0. The van der Waals surface area contributed by atoms with Crippen molar-refractivity contribution in [1.29, 1.82) is 0 Å². The highest BCUT2D eigenvalue weighted by molar-refractivity contribution is 5.73. The highest BCUT2D eigenvalue weighted by Crippen LogP contribution is 2.15. The average Bonchev–Trinajstić information content (AvgIpc) is 2.68. The Labute approximate surface area is 104 Å². The molecule has 2 rings (SSSR count). The van der Waals surface area contributed by atoms with Gasteiger partial charge in [-0.3, -0.25) is 10.1 Å². The first-order valence-corrected chi connectivity index (χ1v) is 5.91. The molecule has 7 nitrogen and oxygen atoms in total. The molecule has 0 aromatic heterocycles. The van der Waals surface area contributed by atoms with Crippen molar-refractivity contribution in [2.24, 2.45) is 0 Å². The van der Waals surface area contributed by atoms with Gasteiger partial charge in [0, 0.05) is 20.0 Å². The van der Waals surface area contributed by atoms with Gasteiger partial charge in [0.2, 0.25) is 5.91 Å². The Kier molecular flexibility index (Phi) is 3.97. The zero-order valence-corrected chi connectivity index (χ0v) is 10.2. The molecule has 0 radical (unpaired) electrons. The number of halogens is 1. The summed E-state index contributed by atoms with van der Waals surface area (Å²) in [6.07, 6.45) is -2.00. The summed E-state index contributed by atoms with van der Waals surface area (Å²) in [6, 6.07) is 0. The number of alkyl halides is 1. The molecule has 2 amide bonds. The summed E-state index contributed by atoms with van der Waals surface area (Å²) in [5.41, 5.74) is 0. The minimum absolute atomic E-state index is 0.127. The summed E-state index contributed by atoms with van der Waals surface area (Å²) in [6.45, 7) is 3.19. The van der Waals surface area contributed by atoms with Crippen LogP contribution in [-0.2, 0) is 9.53 Å². The van der Waals surface area contributed by atoms with Gasteiger partial charge in [0.15, 0.2) is 6.30 Å². The van der Waals surface area contributed by atoms with Crippen LogP contribution in [0.2, 0.25) is 0 Å². The van der Waals surface area contributed by atoms with Crippen LogP contribution < -0.4 is 10.6 Å². The number of rotatable bonds is 3. The number of hydrogen-bond acceptors (Lipinski definition) is 5. The molecular weight excluding hydrogens is 243 g/mol. The summed E-state index contributed by atoms with van der Waals surface area (Å²) in [7, 11) is 0. The lowest BCUT2D eigenvalue weighted by Gasteiger charge is -2.34. The van der Waals surface area contributed by atoms with E-state index in [4.69, 9.17) is 4.74 Å². The minimum Gasteiger partial charge on any atom is -0.441 e. The van der Waals surface area contributed by atoms with Gasteiger partial charge in [-0.05, 0) is 0 Å². The summed E-state index contributed by atoms with van der Waals surface area (Å²) < 4.78 is 18.3. The first-order valence-electron chi connectivity index (χ1n) is 5.91. The molecule has 8 heteroatoms. The van der Waals surface area contributed by atoms with Gasteiger partial charge in [-0.1, -0.05) is 0 Å². The monoisotopic (exact) mass is 260 g/mol. The fourth-order valence-corrected chi connectivity index (χ4v) is 2.01. The maximum atomic E-state index is 13.2. The van der Waals surface area contributed by atoms with Crippen molar-refractivity contribution in [1.82, 2.24) is 20.7 Å². The standard InChI is InChI=1S/C10H17FN4O3/c1-7(16)13-4-8-5-15(10(17)18-8)14-3-2-12-9(11)6-14/h8-9,12H,2-6H2,1H3,(H,13,16). The van der Waals surface area contributed by atoms with E-state index in [0.717, 1.165) is 0 Å². The Hall–Kier alpha value is -1.41. The number of nitrogens with one attached hydrogen (secondary N) is 2. The Morgan fingerprint density at radius 1 is 1.61 bits per heavy atom. The average molecular weight is 260 g/mol. The molecule has 2 aliphatic rings. The van der Waals surface area contributed by atoms with Crippen LogP contribution in [-0.4, -0.2) is 67.1 Å². The number of cyclic esters (lactones) is 1. The van der Waals surface area contributed by atoms with Gasteiger partial charge >= 0.3 is 6.09 Å². The maximum absolute atomic E-state index is 13.2. The van der Waals surface area contributed by atoms with E-state index in [1.54, 1.807) is 5.01 Å². The van der Waals surface area contributed by atoms with E-state index in [9.17, 15) is 14.0 Å². The van der Waals surface area contributed by atoms with Gasteiger partial charge in [-0.25, -0.2) is 19.2 Å². The Balaban J connectivity index is 1.86. The van der Waals surface area contributed by atoms with E-state index >= 15 is 0 Å². The highest BCUT2D eigenvalue weighted by Gasteiger charge is 2.37. The quantitative estimate of drug-likeness (QED) is 0.641. The number of carbonyl (C=O) groups is 2. The van der Waals surface area contributed by atoms with Crippen molar-refractivity contribution >= 4 is 12.0 Å². The lowest BCUT2D eigenvalue weighted by atomic mass is 10.3. The van der Waals surface area contributed by atoms with Crippen LogP contribution in [0.15, 0.2) is 0 Å². The number of hydrazine groups is 1. The largest absolute Gasteiger partial charge is 0.441 e. The summed E-state index contributed by atoms with van der Waals surface area (Å²) in [4.78, 5) is 22.4. The molecule has 2 atom stereocenters. The van der Waals surface area contributed by atoms with Crippen LogP contribution in [0.4, 0.5) is 9.18 Å². The molecule has 0 bridgehead atoms. The number of amides is 2. The van der Waals surface area contributed by atoms with Crippen molar-refractivity contribution in [2.45, 2.75) is 19.3 Å². The lowest BCUT2D eigenvalue weighted by molar-refractivity contribution is -0.119. The summed E-state index contributed by atoms with van der Waals surface area (Å²) >= 11 is 0. The Morgan fingerprint density at radius 3 is 3.06 bits per heavy atom. The fourth-order valence-electron chi connectivity index (χ4n) is 2.01. The molecule has 0 spiro atoms. The third kappa shape index (κ3) is 3.08. The Morgan fingerprint density at radius 2 is 2.39 bits per heavy atom. The predicted octanol–water partition coefficient (Wildman–Crippen LogP) is -0.941. The SMILES string of the molecule is CC(=O)NCC1CN(N2CCNC(F)C2)C(=O)O1. The lowest BCUT2D eigenvalue weighted by Crippen LogP contribution is -2.56. The van der Waals surface area contributed by atoms with Crippen LogP contribution in [0.25, 0.3) is 0 Å². The molecule has 2 aliphatic heterocycles. The molecule has 2 unspecified atom stereocenters. The number of nitrogens with zero attached hydrogens (tertiary/aromatic N) is 2. The van der Waals surface area contributed by atoms with Gasteiger partial charge in [0.25, 0.3) is 0 Å². The maximum Gasteiger partial charge on any atom is 0.424 e.